The lowest BCUT2D eigenvalue weighted by molar-refractivity contribution is 0.0732. The van der Waals surface area contributed by atoms with Crippen LogP contribution in [0.1, 0.15) is 51.9 Å². The number of aromatic nitrogens is 2. The second-order valence-corrected chi connectivity index (χ2v) is 6.91. The molecule has 0 bridgehead atoms. The van der Waals surface area contributed by atoms with Gasteiger partial charge in [0.1, 0.15) is 0 Å². The highest BCUT2D eigenvalue weighted by Gasteiger charge is 2.28. The number of hydrogen-bond acceptors (Lipinski definition) is 2. The molecule has 108 valence electrons. The lowest BCUT2D eigenvalue weighted by Gasteiger charge is -2.41. The predicted octanol–water partition coefficient (Wildman–Crippen LogP) is 3.26. The van der Waals surface area contributed by atoms with Gasteiger partial charge in [0, 0.05) is 24.3 Å². The van der Waals surface area contributed by atoms with Crippen molar-refractivity contribution in [1.82, 2.24) is 14.5 Å². The maximum atomic E-state index is 4.52. The van der Waals surface area contributed by atoms with Crippen molar-refractivity contribution in [3.05, 3.63) is 17.7 Å². The number of nitrogens with zero attached hydrogens (tertiary/aromatic N) is 3. The fourth-order valence-corrected chi connectivity index (χ4v) is 3.12. The summed E-state index contributed by atoms with van der Waals surface area (Å²) in [6.45, 7) is 15.0. The summed E-state index contributed by atoms with van der Waals surface area (Å²) in [6, 6.07) is 0. The Bertz CT molecular complexity index is 414. The van der Waals surface area contributed by atoms with Crippen LogP contribution < -0.4 is 0 Å². The third-order valence-corrected chi connectivity index (χ3v) is 4.46. The monoisotopic (exact) mass is 263 g/mol. The zero-order chi connectivity index (χ0) is 14.0. The Morgan fingerprint density at radius 1 is 1.37 bits per heavy atom. The van der Waals surface area contributed by atoms with Gasteiger partial charge in [-0.25, -0.2) is 4.98 Å². The second-order valence-electron chi connectivity index (χ2n) is 6.91. The topological polar surface area (TPSA) is 21.1 Å². The minimum absolute atomic E-state index is 0.303. The molecule has 19 heavy (non-hydrogen) atoms. The van der Waals surface area contributed by atoms with Crippen molar-refractivity contribution >= 4 is 0 Å². The van der Waals surface area contributed by atoms with E-state index in [0.717, 1.165) is 18.9 Å². The van der Waals surface area contributed by atoms with Crippen molar-refractivity contribution in [2.75, 3.05) is 13.1 Å². The Morgan fingerprint density at radius 3 is 2.68 bits per heavy atom. The van der Waals surface area contributed by atoms with E-state index in [9.17, 15) is 0 Å². The summed E-state index contributed by atoms with van der Waals surface area (Å²) in [6.07, 6.45) is 5.75. The molecule has 3 nitrogen and oxygen atoms in total. The molecule has 1 unspecified atom stereocenters. The first-order valence-corrected chi connectivity index (χ1v) is 7.67. The van der Waals surface area contributed by atoms with E-state index in [-0.39, 0.29) is 0 Å². The van der Waals surface area contributed by atoms with Gasteiger partial charge in [-0.2, -0.15) is 0 Å². The highest BCUT2D eigenvalue weighted by atomic mass is 15.2. The van der Waals surface area contributed by atoms with Crippen LogP contribution in [0, 0.1) is 12.8 Å². The summed E-state index contributed by atoms with van der Waals surface area (Å²) in [5, 5.41) is 0. The summed E-state index contributed by atoms with van der Waals surface area (Å²) >= 11 is 0. The maximum absolute atomic E-state index is 4.52. The number of rotatable bonds is 3. The van der Waals surface area contributed by atoms with Gasteiger partial charge in [-0.15, -0.1) is 0 Å². The van der Waals surface area contributed by atoms with Gasteiger partial charge in [0.05, 0.1) is 12.0 Å². The van der Waals surface area contributed by atoms with Crippen molar-refractivity contribution in [3.63, 3.8) is 0 Å². The Labute approximate surface area is 118 Å². The zero-order valence-electron chi connectivity index (χ0n) is 13.2. The average Bonchev–Trinajstić information content (AvgIpc) is 2.70. The van der Waals surface area contributed by atoms with Gasteiger partial charge in [0.15, 0.2) is 0 Å². The lowest BCUT2D eigenvalue weighted by Crippen LogP contribution is -2.47. The third-order valence-electron chi connectivity index (χ3n) is 4.46. The average molecular weight is 263 g/mol. The molecule has 1 saturated heterocycles. The maximum Gasteiger partial charge on any atom is 0.0951 e. The van der Waals surface area contributed by atoms with Gasteiger partial charge in [-0.05, 0) is 59.4 Å². The number of piperidine rings is 1. The Hall–Kier alpha value is -0.830. The minimum Gasteiger partial charge on any atom is -0.334 e. The van der Waals surface area contributed by atoms with Crippen LogP contribution in [-0.2, 0) is 13.0 Å². The van der Waals surface area contributed by atoms with Crippen LogP contribution in [0.4, 0.5) is 0 Å². The fourth-order valence-electron chi connectivity index (χ4n) is 3.12. The van der Waals surface area contributed by atoms with E-state index in [4.69, 9.17) is 0 Å². The first-order valence-electron chi connectivity index (χ1n) is 7.67. The standard InChI is InChI=1S/C16H29N3/c1-6-15-13(2)18(12-17-15)10-14-8-7-9-19(11-14)16(3,4)5/h12,14H,6-11H2,1-5H3. The fraction of sp³-hybridized carbons (Fsp3) is 0.812. The minimum atomic E-state index is 0.303. The lowest BCUT2D eigenvalue weighted by atomic mass is 9.93. The van der Waals surface area contributed by atoms with Crippen LogP contribution in [-0.4, -0.2) is 33.1 Å². The molecule has 0 amide bonds. The Morgan fingerprint density at radius 2 is 2.11 bits per heavy atom. The second kappa shape index (κ2) is 5.66. The molecular weight excluding hydrogens is 234 g/mol. The highest BCUT2D eigenvalue weighted by molar-refractivity contribution is 5.10. The smallest absolute Gasteiger partial charge is 0.0951 e. The summed E-state index contributed by atoms with van der Waals surface area (Å²) < 4.78 is 2.36. The molecule has 1 aromatic rings. The van der Waals surface area contributed by atoms with Crippen LogP contribution in [0.5, 0.6) is 0 Å². The molecular formula is C16H29N3. The van der Waals surface area contributed by atoms with E-state index < -0.39 is 0 Å². The molecule has 1 atom stereocenters. The molecule has 0 saturated carbocycles. The molecule has 1 aliphatic rings. The summed E-state index contributed by atoms with van der Waals surface area (Å²) in [5.41, 5.74) is 2.91. The van der Waals surface area contributed by atoms with E-state index in [0.29, 0.717) is 5.54 Å². The number of likely N-dealkylation sites (tertiary alicyclic amines) is 1. The van der Waals surface area contributed by atoms with Crippen LogP contribution >= 0.6 is 0 Å². The van der Waals surface area contributed by atoms with Crippen molar-refractivity contribution in [2.45, 2.75) is 66.0 Å². The molecule has 0 N–H and O–H groups in total. The molecule has 3 heteroatoms. The van der Waals surface area contributed by atoms with Crippen LogP contribution in [0.15, 0.2) is 6.33 Å². The molecule has 0 aliphatic carbocycles. The molecule has 1 aromatic heterocycles. The van der Waals surface area contributed by atoms with Crippen molar-refractivity contribution in [2.24, 2.45) is 5.92 Å². The van der Waals surface area contributed by atoms with Crippen LogP contribution in [0.25, 0.3) is 0 Å². The van der Waals surface area contributed by atoms with Gasteiger partial charge in [0.25, 0.3) is 0 Å². The first kappa shape index (κ1) is 14.6. The van der Waals surface area contributed by atoms with Gasteiger partial charge in [0.2, 0.25) is 0 Å². The summed E-state index contributed by atoms with van der Waals surface area (Å²) in [5.74, 6) is 0.769. The van der Waals surface area contributed by atoms with Gasteiger partial charge in [-0.3, -0.25) is 4.90 Å². The van der Waals surface area contributed by atoms with E-state index in [1.807, 2.05) is 6.33 Å². The highest BCUT2D eigenvalue weighted by Crippen LogP contribution is 2.25. The predicted molar refractivity (Wildman–Crippen MR) is 80.4 cm³/mol. The van der Waals surface area contributed by atoms with E-state index in [1.165, 1.54) is 37.3 Å². The SMILES string of the molecule is CCc1ncn(CC2CCCN(C(C)(C)C)C2)c1C. The van der Waals surface area contributed by atoms with E-state index in [1.54, 1.807) is 0 Å². The molecule has 0 aromatic carbocycles. The van der Waals surface area contributed by atoms with Crippen LogP contribution in [0.3, 0.4) is 0 Å². The third kappa shape index (κ3) is 3.38. The molecule has 2 rings (SSSR count). The van der Waals surface area contributed by atoms with Crippen molar-refractivity contribution in [3.8, 4) is 0 Å². The number of aryl methyl sites for hydroxylation is 1. The molecule has 0 radical (unpaired) electrons. The van der Waals surface area contributed by atoms with Gasteiger partial charge < -0.3 is 4.57 Å². The van der Waals surface area contributed by atoms with E-state index >= 15 is 0 Å². The molecule has 1 aliphatic heterocycles. The summed E-state index contributed by atoms with van der Waals surface area (Å²) in [4.78, 5) is 7.15. The first-order chi connectivity index (χ1) is 8.91. The Kier molecular flexibility index (Phi) is 4.34. The molecule has 1 fully saturated rings. The van der Waals surface area contributed by atoms with Crippen molar-refractivity contribution in [1.29, 1.82) is 0 Å². The van der Waals surface area contributed by atoms with E-state index in [2.05, 4.69) is 49.1 Å². The molecule has 2 heterocycles. The summed E-state index contributed by atoms with van der Waals surface area (Å²) in [7, 11) is 0. The number of hydrogen-bond donors (Lipinski definition) is 0. The van der Waals surface area contributed by atoms with Gasteiger partial charge in [-0.1, -0.05) is 6.92 Å². The van der Waals surface area contributed by atoms with Crippen molar-refractivity contribution < 1.29 is 0 Å². The van der Waals surface area contributed by atoms with Gasteiger partial charge >= 0.3 is 0 Å². The van der Waals surface area contributed by atoms with Crippen LogP contribution in [0.2, 0.25) is 0 Å². The molecule has 0 spiro atoms. The Balaban J connectivity index is 2.01. The largest absolute Gasteiger partial charge is 0.334 e. The zero-order valence-corrected chi connectivity index (χ0v) is 13.2. The number of imidazole rings is 1. The quantitative estimate of drug-likeness (QED) is 0.834. The normalized spacial score (nSPS) is 21.8.